The first kappa shape index (κ1) is 13.1. The van der Waals surface area contributed by atoms with E-state index in [0.717, 1.165) is 18.6 Å². The summed E-state index contributed by atoms with van der Waals surface area (Å²) < 4.78 is 40.2. The largest absolute Gasteiger partial charge is 0.220 e. The lowest BCUT2D eigenvalue weighted by molar-refractivity contribution is 0.446. The SMILES string of the molecule is CCC(Br)c1cn(-c2cc(F)c(F)c(F)c2)nn1. The Bertz CT molecular complexity index is 547. The van der Waals surface area contributed by atoms with Gasteiger partial charge in [-0.15, -0.1) is 5.10 Å². The number of alkyl halides is 1. The number of halogens is 4. The summed E-state index contributed by atoms with van der Waals surface area (Å²) in [6, 6.07) is 1.73. The van der Waals surface area contributed by atoms with Gasteiger partial charge in [-0.05, 0) is 6.42 Å². The van der Waals surface area contributed by atoms with Crippen molar-refractivity contribution in [3.05, 3.63) is 41.5 Å². The average molecular weight is 320 g/mol. The summed E-state index contributed by atoms with van der Waals surface area (Å²) in [5, 5.41) is 7.62. The van der Waals surface area contributed by atoms with Crippen molar-refractivity contribution in [2.24, 2.45) is 0 Å². The minimum atomic E-state index is -1.49. The van der Waals surface area contributed by atoms with Crippen LogP contribution in [-0.2, 0) is 0 Å². The van der Waals surface area contributed by atoms with E-state index in [1.165, 1.54) is 10.9 Å². The second-order valence-corrected chi connectivity index (χ2v) is 4.79. The lowest BCUT2D eigenvalue weighted by Gasteiger charge is -2.02. The minimum Gasteiger partial charge on any atom is -0.220 e. The van der Waals surface area contributed by atoms with Gasteiger partial charge in [0.1, 0.15) is 0 Å². The van der Waals surface area contributed by atoms with Crippen LogP contribution in [0.5, 0.6) is 0 Å². The predicted octanol–water partition coefficient (Wildman–Crippen LogP) is 3.53. The normalized spacial score (nSPS) is 12.7. The molecule has 1 atom stereocenters. The van der Waals surface area contributed by atoms with Crippen LogP contribution in [0.4, 0.5) is 13.2 Å². The average Bonchev–Trinajstić information content (AvgIpc) is 2.84. The van der Waals surface area contributed by atoms with Crippen LogP contribution < -0.4 is 0 Å². The second-order valence-electron chi connectivity index (χ2n) is 3.69. The van der Waals surface area contributed by atoms with E-state index in [1.807, 2.05) is 6.92 Å². The number of hydrogen-bond donors (Lipinski definition) is 0. The third-order valence-corrected chi connectivity index (χ3v) is 3.54. The predicted molar refractivity (Wildman–Crippen MR) is 63.2 cm³/mol. The Hall–Kier alpha value is -1.37. The number of aromatic nitrogens is 3. The molecule has 7 heteroatoms. The van der Waals surface area contributed by atoms with Crippen molar-refractivity contribution in [1.82, 2.24) is 15.0 Å². The molecule has 2 rings (SSSR count). The highest BCUT2D eigenvalue weighted by Crippen LogP contribution is 2.24. The molecule has 2 aromatic rings. The number of hydrogen-bond acceptors (Lipinski definition) is 2. The maximum atomic E-state index is 13.1. The molecule has 0 fully saturated rings. The Kier molecular flexibility index (Phi) is 3.70. The smallest absolute Gasteiger partial charge is 0.194 e. The van der Waals surface area contributed by atoms with Gasteiger partial charge in [-0.25, -0.2) is 17.9 Å². The van der Waals surface area contributed by atoms with Gasteiger partial charge < -0.3 is 0 Å². The fraction of sp³-hybridized carbons (Fsp3) is 0.273. The van der Waals surface area contributed by atoms with E-state index in [0.29, 0.717) is 5.69 Å². The standard InChI is InChI=1S/C11H9BrF3N3/c1-2-7(12)10-5-18(17-16-10)6-3-8(13)11(15)9(14)4-6/h3-5,7H,2H2,1H3. The number of benzene rings is 1. The Morgan fingerprint density at radius 1 is 1.28 bits per heavy atom. The summed E-state index contributed by atoms with van der Waals surface area (Å²) >= 11 is 3.39. The van der Waals surface area contributed by atoms with Crippen molar-refractivity contribution in [2.75, 3.05) is 0 Å². The van der Waals surface area contributed by atoms with E-state index in [2.05, 4.69) is 26.2 Å². The van der Waals surface area contributed by atoms with E-state index >= 15 is 0 Å². The van der Waals surface area contributed by atoms with Gasteiger partial charge in [0, 0.05) is 12.1 Å². The van der Waals surface area contributed by atoms with Crippen LogP contribution in [0.3, 0.4) is 0 Å². The van der Waals surface area contributed by atoms with Crippen LogP contribution in [0, 0.1) is 17.5 Å². The van der Waals surface area contributed by atoms with Crippen molar-refractivity contribution >= 4 is 15.9 Å². The maximum Gasteiger partial charge on any atom is 0.194 e. The molecule has 0 radical (unpaired) electrons. The van der Waals surface area contributed by atoms with E-state index in [-0.39, 0.29) is 10.5 Å². The third-order valence-electron chi connectivity index (χ3n) is 2.42. The van der Waals surface area contributed by atoms with Gasteiger partial charge in [-0.3, -0.25) is 0 Å². The van der Waals surface area contributed by atoms with Crippen LogP contribution in [0.25, 0.3) is 5.69 Å². The lowest BCUT2D eigenvalue weighted by atomic mass is 10.2. The molecular weight excluding hydrogens is 311 g/mol. The quantitative estimate of drug-likeness (QED) is 0.640. The van der Waals surface area contributed by atoms with Crippen LogP contribution >= 0.6 is 15.9 Å². The molecule has 3 nitrogen and oxygen atoms in total. The van der Waals surface area contributed by atoms with Crippen LogP contribution in [0.2, 0.25) is 0 Å². The molecule has 0 amide bonds. The van der Waals surface area contributed by atoms with Crippen molar-refractivity contribution in [2.45, 2.75) is 18.2 Å². The van der Waals surface area contributed by atoms with Gasteiger partial charge >= 0.3 is 0 Å². The fourth-order valence-electron chi connectivity index (χ4n) is 1.43. The minimum absolute atomic E-state index is 0.0152. The zero-order valence-corrected chi connectivity index (χ0v) is 11.0. The topological polar surface area (TPSA) is 30.7 Å². The van der Waals surface area contributed by atoms with Gasteiger partial charge in [0.15, 0.2) is 17.5 Å². The lowest BCUT2D eigenvalue weighted by Crippen LogP contribution is -1.99. The van der Waals surface area contributed by atoms with Crippen LogP contribution in [0.1, 0.15) is 23.9 Å². The van der Waals surface area contributed by atoms with Gasteiger partial charge in [0.25, 0.3) is 0 Å². The molecular formula is C11H9BrF3N3. The Labute approximate surface area is 110 Å². The van der Waals surface area contributed by atoms with E-state index < -0.39 is 17.5 Å². The van der Waals surface area contributed by atoms with E-state index in [1.54, 1.807) is 0 Å². The summed E-state index contributed by atoms with van der Waals surface area (Å²) in [5.74, 6) is -4.01. The van der Waals surface area contributed by atoms with Crippen molar-refractivity contribution in [1.29, 1.82) is 0 Å². The molecule has 0 saturated carbocycles. The zero-order chi connectivity index (χ0) is 13.3. The van der Waals surface area contributed by atoms with Crippen LogP contribution in [-0.4, -0.2) is 15.0 Å². The summed E-state index contributed by atoms with van der Waals surface area (Å²) in [4.78, 5) is 0.0152. The molecule has 18 heavy (non-hydrogen) atoms. The molecule has 0 bridgehead atoms. The fourth-order valence-corrected chi connectivity index (χ4v) is 1.64. The highest BCUT2D eigenvalue weighted by atomic mass is 79.9. The van der Waals surface area contributed by atoms with Crippen LogP contribution in [0.15, 0.2) is 18.3 Å². The second kappa shape index (κ2) is 5.09. The first-order chi connectivity index (χ1) is 8.52. The highest BCUT2D eigenvalue weighted by molar-refractivity contribution is 9.09. The molecule has 1 aromatic carbocycles. The molecule has 0 aliphatic carbocycles. The molecule has 96 valence electrons. The van der Waals surface area contributed by atoms with Gasteiger partial charge in [-0.2, -0.15) is 0 Å². The Balaban J connectivity index is 2.40. The monoisotopic (exact) mass is 319 g/mol. The molecule has 0 aliphatic rings. The molecule has 0 saturated heterocycles. The van der Waals surface area contributed by atoms with Gasteiger partial charge in [-0.1, -0.05) is 28.1 Å². The summed E-state index contributed by atoms with van der Waals surface area (Å²) in [5.41, 5.74) is 0.726. The van der Waals surface area contributed by atoms with Gasteiger partial charge in [0.05, 0.1) is 22.4 Å². The Morgan fingerprint density at radius 3 is 2.44 bits per heavy atom. The first-order valence-corrected chi connectivity index (χ1v) is 6.15. The summed E-state index contributed by atoms with van der Waals surface area (Å²) in [6.07, 6.45) is 2.33. The molecule has 1 unspecified atom stereocenters. The Morgan fingerprint density at radius 2 is 1.89 bits per heavy atom. The summed E-state index contributed by atoms with van der Waals surface area (Å²) in [6.45, 7) is 1.95. The molecule has 1 heterocycles. The molecule has 0 N–H and O–H groups in total. The van der Waals surface area contributed by atoms with Crippen molar-refractivity contribution in [3.8, 4) is 5.69 Å². The third kappa shape index (κ3) is 2.40. The summed E-state index contributed by atoms with van der Waals surface area (Å²) in [7, 11) is 0. The molecule has 0 spiro atoms. The maximum absolute atomic E-state index is 13.1. The van der Waals surface area contributed by atoms with E-state index in [9.17, 15) is 13.2 Å². The van der Waals surface area contributed by atoms with Gasteiger partial charge in [0.2, 0.25) is 0 Å². The first-order valence-electron chi connectivity index (χ1n) is 5.24. The van der Waals surface area contributed by atoms with Crippen molar-refractivity contribution in [3.63, 3.8) is 0 Å². The zero-order valence-electron chi connectivity index (χ0n) is 9.37. The molecule has 1 aromatic heterocycles. The number of rotatable bonds is 3. The van der Waals surface area contributed by atoms with Crippen molar-refractivity contribution < 1.29 is 13.2 Å². The highest BCUT2D eigenvalue weighted by Gasteiger charge is 2.14. The number of nitrogens with zero attached hydrogens (tertiary/aromatic N) is 3. The molecule has 0 aliphatic heterocycles. The van der Waals surface area contributed by atoms with E-state index in [4.69, 9.17) is 0 Å².